The van der Waals surface area contributed by atoms with Crippen molar-refractivity contribution in [1.82, 2.24) is 0 Å². The molecule has 20 valence electrons. The maximum atomic E-state index is 8.11. The van der Waals surface area contributed by atoms with Crippen LogP contribution in [0.3, 0.4) is 0 Å². The summed E-state index contributed by atoms with van der Waals surface area (Å²) in [6.07, 6.45) is 0. The third-order valence-electron chi connectivity index (χ3n) is 0. The van der Waals surface area contributed by atoms with E-state index in [0.717, 1.165) is 0 Å². The van der Waals surface area contributed by atoms with Gasteiger partial charge in [0.05, 0.1) is 0 Å². The molecule has 4 heavy (non-hydrogen) atoms. The van der Waals surface area contributed by atoms with Gasteiger partial charge in [-0.2, -0.15) is 0 Å². The summed E-state index contributed by atoms with van der Waals surface area (Å²) in [6.45, 7) is 0. The van der Waals surface area contributed by atoms with Gasteiger partial charge in [-0.15, -0.1) is 4.91 Å². The molecule has 0 heterocycles. The Morgan fingerprint density at radius 1 is 1.75 bits per heavy atom. The van der Waals surface area contributed by atoms with Gasteiger partial charge in [0.15, 0.2) is 5.34 Å². The molecular weight excluding hydrogens is 69.0 g/mol. The molecule has 0 atom stereocenters. The molecule has 0 saturated heterocycles. The van der Waals surface area contributed by atoms with E-state index >= 15 is 0 Å². The molecule has 0 amide bonds. The van der Waals surface area contributed by atoms with E-state index in [-0.39, 0.29) is 29.6 Å². The van der Waals surface area contributed by atoms with Crippen molar-refractivity contribution in [2.24, 2.45) is 5.34 Å². The second kappa shape index (κ2) is 9.99. The molecule has 0 fully saturated rings. The number of hydrogen-bond donors (Lipinski definition) is 1. The predicted octanol–water partition coefficient (Wildman–Crippen LogP) is -0.506. The summed E-state index contributed by atoms with van der Waals surface area (Å²) in [5.41, 5.74) is 0. The molecule has 0 aliphatic carbocycles. The quantitative estimate of drug-likeness (QED) is 0.237. The first-order chi connectivity index (χ1) is 1.41. The van der Waals surface area contributed by atoms with Crippen LogP contribution in [0.1, 0.15) is 0 Å². The second-order valence-corrected chi connectivity index (χ2v) is 0.0816. The molecule has 3 nitrogen and oxygen atoms in total. The first kappa shape index (κ1) is 8.83. The molecule has 0 rings (SSSR count). The minimum absolute atomic E-state index is 0. The molecule has 1 N–H and O–H groups in total. The number of hydrogen-bond acceptors (Lipinski definition) is 2. The molecule has 0 saturated carbocycles. The van der Waals surface area contributed by atoms with Crippen LogP contribution in [-0.4, -0.2) is 34.8 Å². The summed E-state index contributed by atoms with van der Waals surface area (Å²) in [5, 5.41) is 7.89. The van der Waals surface area contributed by atoms with Crippen molar-refractivity contribution in [2.75, 3.05) is 0 Å². The Labute approximate surface area is 45.2 Å². The van der Waals surface area contributed by atoms with E-state index in [4.69, 9.17) is 10.1 Å². The van der Waals surface area contributed by atoms with Crippen molar-refractivity contribution >= 4 is 29.6 Å². The van der Waals surface area contributed by atoms with Gasteiger partial charge in [-0.05, 0) is 0 Å². The number of rotatable bonds is 0. The average Bonchev–Trinajstić information content (AvgIpc) is 0.918. The molecule has 0 bridgehead atoms. The fraction of sp³-hybridized carbons (Fsp3) is 0. The van der Waals surface area contributed by atoms with E-state index < -0.39 is 0 Å². The van der Waals surface area contributed by atoms with Crippen molar-refractivity contribution in [1.29, 1.82) is 0 Å². The maximum absolute atomic E-state index is 8.11. The first-order valence-corrected chi connectivity index (χ1v) is 0.383. The van der Waals surface area contributed by atoms with Gasteiger partial charge in [0.25, 0.3) is 0 Å². The molecule has 0 unspecified atom stereocenters. The average molecular weight is 71.0 g/mol. The zero-order chi connectivity index (χ0) is 2.71. The van der Waals surface area contributed by atoms with Crippen LogP contribution in [0, 0.1) is 4.91 Å². The molecule has 0 aliphatic heterocycles. The molecule has 0 aromatic carbocycles. The van der Waals surface area contributed by atoms with E-state index in [1.165, 1.54) is 5.34 Å². The summed E-state index contributed by atoms with van der Waals surface area (Å²) < 4.78 is 0. The van der Waals surface area contributed by atoms with Crippen molar-refractivity contribution in [3.63, 3.8) is 0 Å². The zero-order valence-corrected chi connectivity index (χ0v) is 1.30. The van der Waals surface area contributed by atoms with E-state index in [1.54, 1.807) is 0 Å². The number of nitrogens with zero attached hydrogens (tertiary/aromatic N) is 1. The van der Waals surface area contributed by atoms with Gasteiger partial charge in [0, 0.05) is 0 Å². The summed E-state index contributed by atoms with van der Waals surface area (Å²) in [7, 11) is 0. The summed E-state index contributed by atoms with van der Waals surface area (Å²) >= 11 is 0. The van der Waals surface area contributed by atoms with Gasteiger partial charge in [0.2, 0.25) is 0 Å². The van der Waals surface area contributed by atoms with E-state index in [9.17, 15) is 0 Å². The van der Waals surface area contributed by atoms with Gasteiger partial charge in [-0.25, -0.2) is 0 Å². The summed E-state index contributed by atoms with van der Waals surface area (Å²) in [6, 6.07) is 0. The van der Waals surface area contributed by atoms with Crippen molar-refractivity contribution in [2.45, 2.75) is 0 Å². The topological polar surface area (TPSA) is 49.7 Å². The van der Waals surface area contributed by atoms with Crippen LogP contribution in [0.15, 0.2) is 5.34 Å². The van der Waals surface area contributed by atoms with Gasteiger partial charge in [-0.1, -0.05) is 0 Å². The van der Waals surface area contributed by atoms with Crippen molar-refractivity contribution < 1.29 is 5.21 Å². The Morgan fingerprint density at radius 2 is 1.75 bits per heavy atom. The van der Waals surface area contributed by atoms with Gasteiger partial charge >= 0.3 is 29.6 Å². The second-order valence-electron chi connectivity index (χ2n) is 0.0816. The molecular formula is H2NNaO2. The SMILES string of the molecule is O=NO.[NaH]. The summed E-state index contributed by atoms with van der Waals surface area (Å²) in [5.74, 6) is 0. The van der Waals surface area contributed by atoms with Crippen molar-refractivity contribution in [3.8, 4) is 0 Å². The van der Waals surface area contributed by atoms with Crippen LogP contribution < -0.4 is 0 Å². The Balaban J connectivity index is 0. The standard InChI is InChI=1S/HNO2.Na.H/c2-1-3;;/h(H,2,3);;. The predicted molar refractivity (Wildman–Crippen MR) is 14.7 cm³/mol. The van der Waals surface area contributed by atoms with Crippen LogP contribution >= 0.6 is 0 Å². The van der Waals surface area contributed by atoms with Crippen molar-refractivity contribution in [3.05, 3.63) is 4.91 Å². The zero-order valence-electron chi connectivity index (χ0n) is 1.30. The van der Waals surface area contributed by atoms with Crippen LogP contribution in [0.4, 0.5) is 0 Å². The van der Waals surface area contributed by atoms with E-state index in [0.29, 0.717) is 0 Å². The van der Waals surface area contributed by atoms with Gasteiger partial charge in [-0.3, -0.25) is 0 Å². The van der Waals surface area contributed by atoms with Crippen LogP contribution in [0.2, 0.25) is 0 Å². The minimum atomic E-state index is 0. The molecule has 0 aliphatic rings. The Hall–Kier alpha value is 0.400. The fourth-order valence-corrected chi connectivity index (χ4v) is 0. The van der Waals surface area contributed by atoms with E-state index in [2.05, 4.69) is 0 Å². The van der Waals surface area contributed by atoms with Gasteiger partial charge in [0.1, 0.15) is 0 Å². The summed E-state index contributed by atoms with van der Waals surface area (Å²) in [4.78, 5) is 8.11. The Kier molecular flexibility index (Phi) is 22.1. The normalized spacial score (nSPS) is 3.00. The monoisotopic (exact) mass is 71.0 g/mol. The van der Waals surface area contributed by atoms with E-state index in [1.807, 2.05) is 0 Å². The van der Waals surface area contributed by atoms with Crippen LogP contribution in [-0.2, 0) is 0 Å². The van der Waals surface area contributed by atoms with Gasteiger partial charge < -0.3 is 5.21 Å². The third-order valence-corrected chi connectivity index (χ3v) is 0. The molecule has 4 heteroatoms. The Bertz CT molecular complexity index is 13.5. The first-order valence-electron chi connectivity index (χ1n) is 0.383. The molecule has 0 spiro atoms. The van der Waals surface area contributed by atoms with Crippen LogP contribution in [0.25, 0.3) is 0 Å². The fourth-order valence-electron chi connectivity index (χ4n) is 0. The molecule has 0 radical (unpaired) electrons. The van der Waals surface area contributed by atoms with Crippen LogP contribution in [0.5, 0.6) is 0 Å². The molecule has 0 aromatic rings. The molecule has 0 aromatic heterocycles. The Morgan fingerprint density at radius 3 is 1.75 bits per heavy atom. The third kappa shape index (κ3) is 29.4.